The van der Waals surface area contributed by atoms with Crippen LogP contribution in [0.1, 0.15) is 24.8 Å². The van der Waals surface area contributed by atoms with Crippen LogP contribution in [-0.4, -0.2) is 18.0 Å². The number of nitro benzene ring substituents is 1. The third-order valence-electron chi connectivity index (χ3n) is 3.45. The maximum Gasteiger partial charge on any atom is 0.269 e. The van der Waals surface area contributed by atoms with Gasteiger partial charge in [-0.05, 0) is 44.2 Å². The Balaban J connectivity index is 1.87. The molecule has 0 bridgehead atoms. The molecule has 17 heavy (non-hydrogen) atoms. The van der Waals surface area contributed by atoms with E-state index in [1.165, 1.54) is 18.4 Å². The van der Waals surface area contributed by atoms with E-state index in [9.17, 15) is 10.1 Å². The SMILES string of the molecule is CNC(CCc1ccc([N+](=O)[O-])cc1)C1CC1. The standard InChI is InChI=1S/C13H18N2O2/c1-14-13(11-5-6-11)9-4-10-2-7-12(8-3-10)15(16)17/h2-3,7-8,11,13-14H,4-6,9H2,1H3. The normalized spacial score (nSPS) is 16.8. The fourth-order valence-electron chi connectivity index (χ4n) is 2.22. The molecule has 0 saturated heterocycles. The summed E-state index contributed by atoms with van der Waals surface area (Å²) in [6.07, 6.45) is 4.77. The average Bonchev–Trinajstić information content (AvgIpc) is 3.15. The molecule has 0 amide bonds. The summed E-state index contributed by atoms with van der Waals surface area (Å²) in [5, 5.41) is 13.9. The number of non-ortho nitro benzene ring substituents is 1. The molecule has 4 heteroatoms. The second kappa shape index (κ2) is 5.27. The van der Waals surface area contributed by atoms with E-state index in [2.05, 4.69) is 5.32 Å². The zero-order valence-electron chi connectivity index (χ0n) is 10.1. The Hall–Kier alpha value is -1.42. The van der Waals surface area contributed by atoms with Crippen LogP contribution in [0.4, 0.5) is 5.69 Å². The van der Waals surface area contributed by atoms with Gasteiger partial charge in [0.2, 0.25) is 0 Å². The van der Waals surface area contributed by atoms with Gasteiger partial charge in [-0.3, -0.25) is 10.1 Å². The number of nitro groups is 1. The third-order valence-corrected chi connectivity index (χ3v) is 3.45. The molecule has 0 radical (unpaired) electrons. The molecule has 0 aromatic heterocycles. The molecule has 1 aromatic rings. The van der Waals surface area contributed by atoms with Crippen LogP contribution in [0.5, 0.6) is 0 Å². The Labute approximate surface area is 101 Å². The number of aryl methyl sites for hydroxylation is 1. The topological polar surface area (TPSA) is 55.2 Å². The maximum absolute atomic E-state index is 10.5. The van der Waals surface area contributed by atoms with E-state index in [-0.39, 0.29) is 10.6 Å². The minimum atomic E-state index is -0.357. The number of nitrogens with zero attached hydrogens (tertiary/aromatic N) is 1. The van der Waals surface area contributed by atoms with Crippen LogP contribution < -0.4 is 5.32 Å². The lowest BCUT2D eigenvalue weighted by Gasteiger charge is -2.14. The van der Waals surface area contributed by atoms with Crippen molar-refractivity contribution in [2.45, 2.75) is 31.7 Å². The van der Waals surface area contributed by atoms with Crippen LogP contribution in [-0.2, 0) is 6.42 Å². The van der Waals surface area contributed by atoms with Crippen molar-refractivity contribution in [3.63, 3.8) is 0 Å². The van der Waals surface area contributed by atoms with Crippen molar-refractivity contribution in [1.82, 2.24) is 5.32 Å². The van der Waals surface area contributed by atoms with Crippen molar-refractivity contribution in [1.29, 1.82) is 0 Å². The molecule has 0 aliphatic heterocycles. The molecular weight excluding hydrogens is 216 g/mol. The van der Waals surface area contributed by atoms with Gasteiger partial charge in [-0.2, -0.15) is 0 Å². The highest BCUT2D eigenvalue weighted by molar-refractivity contribution is 5.32. The molecule has 0 heterocycles. The number of hydrogen-bond donors (Lipinski definition) is 1. The van der Waals surface area contributed by atoms with Crippen LogP contribution in [0, 0.1) is 16.0 Å². The van der Waals surface area contributed by atoms with Gasteiger partial charge in [0.1, 0.15) is 0 Å². The van der Waals surface area contributed by atoms with Gasteiger partial charge >= 0.3 is 0 Å². The highest BCUT2D eigenvalue weighted by Gasteiger charge is 2.29. The molecule has 1 N–H and O–H groups in total. The Kier molecular flexibility index (Phi) is 3.74. The largest absolute Gasteiger partial charge is 0.317 e. The first-order valence-corrected chi connectivity index (χ1v) is 6.11. The second-order valence-corrected chi connectivity index (χ2v) is 4.69. The number of benzene rings is 1. The van der Waals surface area contributed by atoms with E-state index in [4.69, 9.17) is 0 Å². The predicted octanol–water partition coefficient (Wildman–Crippen LogP) is 2.53. The summed E-state index contributed by atoms with van der Waals surface area (Å²) in [5.74, 6) is 0.845. The van der Waals surface area contributed by atoms with Crippen molar-refractivity contribution in [2.24, 2.45) is 5.92 Å². The Morgan fingerprint density at radius 2 is 2.06 bits per heavy atom. The Morgan fingerprint density at radius 3 is 2.53 bits per heavy atom. The lowest BCUT2D eigenvalue weighted by atomic mass is 10.0. The molecular formula is C13H18N2O2. The average molecular weight is 234 g/mol. The van der Waals surface area contributed by atoms with Gasteiger partial charge in [-0.25, -0.2) is 0 Å². The third kappa shape index (κ3) is 3.27. The summed E-state index contributed by atoms with van der Waals surface area (Å²) < 4.78 is 0. The van der Waals surface area contributed by atoms with Gasteiger partial charge in [0.15, 0.2) is 0 Å². The molecule has 1 aliphatic carbocycles. The molecule has 92 valence electrons. The van der Waals surface area contributed by atoms with Gasteiger partial charge in [0.05, 0.1) is 4.92 Å². The predicted molar refractivity (Wildman–Crippen MR) is 67.0 cm³/mol. The van der Waals surface area contributed by atoms with Crippen LogP contribution in [0.15, 0.2) is 24.3 Å². The minimum absolute atomic E-state index is 0.168. The molecule has 0 spiro atoms. The van der Waals surface area contributed by atoms with Crippen molar-refractivity contribution in [3.05, 3.63) is 39.9 Å². The number of nitrogens with one attached hydrogen (secondary N) is 1. The lowest BCUT2D eigenvalue weighted by molar-refractivity contribution is -0.384. The van der Waals surface area contributed by atoms with Crippen molar-refractivity contribution in [3.8, 4) is 0 Å². The zero-order chi connectivity index (χ0) is 12.3. The van der Waals surface area contributed by atoms with Gasteiger partial charge in [0.25, 0.3) is 5.69 Å². The molecule has 1 atom stereocenters. The smallest absolute Gasteiger partial charge is 0.269 e. The van der Waals surface area contributed by atoms with Crippen LogP contribution in [0.3, 0.4) is 0 Å². The van der Waals surface area contributed by atoms with E-state index in [1.54, 1.807) is 12.1 Å². The monoisotopic (exact) mass is 234 g/mol. The molecule has 1 aromatic carbocycles. The van der Waals surface area contributed by atoms with Crippen LogP contribution in [0.2, 0.25) is 0 Å². The van der Waals surface area contributed by atoms with Crippen LogP contribution in [0.25, 0.3) is 0 Å². The number of hydrogen-bond acceptors (Lipinski definition) is 3. The van der Waals surface area contributed by atoms with Crippen molar-refractivity contribution in [2.75, 3.05) is 7.05 Å². The van der Waals surface area contributed by atoms with E-state index < -0.39 is 0 Å². The quantitative estimate of drug-likeness (QED) is 0.608. The molecule has 4 nitrogen and oxygen atoms in total. The molecule has 1 aliphatic rings. The summed E-state index contributed by atoms with van der Waals surface area (Å²) in [6, 6.07) is 7.49. The van der Waals surface area contributed by atoms with Crippen molar-refractivity contribution < 1.29 is 4.92 Å². The van der Waals surface area contributed by atoms with Crippen molar-refractivity contribution >= 4 is 5.69 Å². The first-order chi connectivity index (χ1) is 8.20. The first-order valence-electron chi connectivity index (χ1n) is 6.11. The zero-order valence-corrected chi connectivity index (χ0v) is 10.1. The first kappa shape index (κ1) is 12.0. The summed E-state index contributed by atoms with van der Waals surface area (Å²) in [4.78, 5) is 10.2. The summed E-state index contributed by atoms with van der Waals surface area (Å²) >= 11 is 0. The maximum atomic E-state index is 10.5. The van der Waals surface area contributed by atoms with Gasteiger partial charge in [0, 0.05) is 18.2 Å². The Bertz CT molecular complexity index is 385. The highest BCUT2D eigenvalue weighted by atomic mass is 16.6. The highest BCUT2D eigenvalue weighted by Crippen LogP contribution is 2.34. The second-order valence-electron chi connectivity index (χ2n) is 4.69. The lowest BCUT2D eigenvalue weighted by Crippen LogP contribution is -2.27. The fourth-order valence-corrected chi connectivity index (χ4v) is 2.22. The Morgan fingerprint density at radius 1 is 1.41 bits per heavy atom. The summed E-state index contributed by atoms with van der Waals surface area (Å²) in [6.45, 7) is 0. The minimum Gasteiger partial charge on any atom is -0.317 e. The van der Waals surface area contributed by atoms with E-state index in [0.717, 1.165) is 18.8 Å². The van der Waals surface area contributed by atoms with Gasteiger partial charge in [-0.1, -0.05) is 12.1 Å². The van der Waals surface area contributed by atoms with E-state index >= 15 is 0 Å². The van der Waals surface area contributed by atoms with E-state index in [0.29, 0.717) is 6.04 Å². The van der Waals surface area contributed by atoms with Gasteiger partial charge < -0.3 is 5.32 Å². The molecule has 1 unspecified atom stereocenters. The molecule has 2 rings (SSSR count). The molecule has 1 fully saturated rings. The number of rotatable bonds is 6. The summed E-state index contributed by atoms with van der Waals surface area (Å²) in [5.41, 5.74) is 1.35. The molecule has 1 saturated carbocycles. The van der Waals surface area contributed by atoms with Gasteiger partial charge in [-0.15, -0.1) is 0 Å². The van der Waals surface area contributed by atoms with Crippen LogP contribution >= 0.6 is 0 Å². The fraction of sp³-hybridized carbons (Fsp3) is 0.538. The summed E-state index contributed by atoms with van der Waals surface area (Å²) in [7, 11) is 2.01. The van der Waals surface area contributed by atoms with E-state index in [1.807, 2.05) is 19.2 Å².